The van der Waals surface area contributed by atoms with Gasteiger partial charge in [0.05, 0.1) is 6.10 Å². The molecule has 1 amide bonds. The fourth-order valence-electron chi connectivity index (χ4n) is 2.08. The summed E-state index contributed by atoms with van der Waals surface area (Å²) < 4.78 is 0. The van der Waals surface area contributed by atoms with Gasteiger partial charge in [0.25, 0.3) is 0 Å². The average molecular weight is 214 g/mol. The first kappa shape index (κ1) is 12.5. The Labute approximate surface area is 91.6 Å². The first-order valence-corrected chi connectivity index (χ1v) is 5.72. The van der Waals surface area contributed by atoms with Crippen LogP contribution in [0.25, 0.3) is 0 Å². The van der Waals surface area contributed by atoms with E-state index in [1.807, 2.05) is 0 Å². The van der Waals surface area contributed by atoms with Crippen molar-refractivity contribution >= 4 is 5.91 Å². The summed E-state index contributed by atoms with van der Waals surface area (Å²) in [7, 11) is 3.73. The molecule has 0 aromatic carbocycles. The zero-order valence-electron chi connectivity index (χ0n) is 9.70. The van der Waals surface area contributed by atoms with Gasteiger partial charge in [0, 0.05) is 26.1 Å². The summed E-state index contributed by atoms with van der Waals surface area (Å²) in [5, 5.41) is 12.0. The quantitative estimate of drug-likeness (QED) is 0.710. The molecule has 2 N–H and O–H groups in total. The molecule has 15 heavy (non-hydrogen) atoms. The number of carbonyl (C=O) groups is 1. The smallest absolute Gasteiger partial charge is 0.221 e. The van der Waals surface area contributed by atoms with Crippen molar-refractivity contribution in [3.63, 3.8) is 0 Å². The standard InChI is InChI=1S/C11H22N2O2/c1-12-11(15)7-8-13(2)9-3-5-10(14)6-4-9/h9-10,14H,3-8H2,1-2H3,(H,12,15). The summed E-state index contributed by atoms with van der Waals surface area (Å²) in [6.45, 7) is 0.806. The third-order valence-electron chi connectivity index (χ3n) is 3.26. The summed E-state index contributed by atoms with van der Waals surface area (Å²) in [6.07, 6.45) is 4.35. The van der Waals surface area contributed by atoms with Crippen LogP contribution in [0.3, 0.4) is 0 Å². The van der Waals surface area contributed by atoms with Gasteiger partial charge in [0.15, 0.2) is 0 Å². The lowest BCUT2D eigenvalue weighted by Crippen LogP contribution is -2.38. The number of aliphatic hydroxyl groups is 1. The minimum atomic E-state index is -0.103. The van der Waals surface area contributed by atoms with Gasteiger partial charge in [-0.3, -0.25) is 4.79 Å². The van der Waals surface area contributed by atoms with E-state index in [0.717, 1.165) is 32.2 Å². The molecule has 4 nitrogen and oxygen atoms in total. The molecule has 0 radical (unpaired) electrons. The molecule has 0 spiro atoms. The molecule has 0 aromatic rings. The van der Waals surface area contributed by atoms with Gasteiger partial charge in [0.1, 0.15) is 0 Å². The summed E-state index contributed by atoms with van der Waals surface area (Å²) >= 11 is 0. The van der Waals surface area contributed by atoms with Crippen LogP contribution in [0.5, 0.6) is 0 Å². The van der Waals surface area contributed by atoms with E-state index in [9.17, 15) is 9.90 Å². The molecule has 1 aliphatic rings. The predicted octanol–water partition coefficient (Wildman–Crippen LogP) is 0.358. The van der Waals surface area contributed by atoms with E-state index < -0.39 is 0 Å². The molecule has 0 bridgehead atoms. The Morgan fingerprint density at radius 1 is 1.40 bits per heavy atom. The number of carbonyl (C=O) groups excluding carboxylic acids is 1. The van der Waals surface area contributed by atoms with Crippen molar-refractivity contribution < 1.29 is 9.90 Å². The van der Waals surface area contributed by atoms with Crippen LogP contribution in [-0.4, -0.2) is 48.7 Å². The van der Waals surface area contributed by atoms with Gasteiger partial charge in [-0.2, -0.15) is 0 Å². The van der Waals surface area contributed by atoms with Crippen LogP contribution in [0.1, 0.15) is 32.1 Å². The van der Waals surface area contributed by atoms with Crippen molar-refractivity contribution in [1.82, 2.24) is 10.2 Å². The van der Waals surface area contributed by atoms with Crippen LogP contribution in [0.4, 0.5) is 0 Å². The van der Waals surface area contributed by atoms with Crippen molar-refractivity contribution in [2.75, 3.05) is 20.6 Å². The Bertz CT molecular complexity index is 201. The molecule has 1 fully saturated rings. The van der Waals surface area contributed by atoms with E-state index in [1.54, 1.807) is 7.05 Å². The van der Waals surface area contributed by atoms with Crippen molar-refractivity contribution in [2.24, 2.45) is 0 Å². The van der Waals surface area contributed by atoms with E-state index in [4.69, 9.17) is 0 Å². The van der Waals surface area contributed by atoms with Crippen molar-refractivity contribution in [2.45, 2.75) is 44.2 Å². The number of nitrogens with zero attached hydrogens (tertiary/aromatic N) is 1. The maximum absolute atomic E-state index is 11.1. The highest BCUT2D eigenvalue weighted by Gasteiger charge is 2.22. The van der Waals surface area contributed by atoms with Crippen LogP contribution in [0.2, 0.25) is 0 Å². The lowest BCUT2D eigenvalue weighted by Gasteiger charge is -2.32. The number of aliphatic hydroxyl groups excluding tert-OH is 1. The molecule has 0 aliphatic heterocycles. The molecule has 0 unspecified atom stereocenters. The number of hydrogen-bond donors (Lipinski definition) is 2. The second kappa shape index (κ2) is 6.08. The van der Waals surface area contributed by atoms with Gasteiger partial charge >= 0.3 is 0 Å². The number of nitrogens with one attached hydrogen (secondary N) is 1. The lowest BCUT2D eigenvalue weighted by molar-refractivity contribution is -0.121. The third-order valence-corrected chi connectivity index (χ3v) is 3.26. The maximum Gasteiger partial charge on any atom is 0.221 e. The SMILES string of the molecule is CNC(=O)CCN(C)C1CCC(O)CC1. The zero-order chi connectivity index (χ0) is 11.3. The predicted molar refractivity (Wildman–Crippen MR) is 59.6 cm³/mol. The van der Waals surface area contributed by atoms with Crippen molar-refractivity contribution in [1.29, 1.82) is 0 Å². The van der Waals surface area contributed by atoms with Gasteiger partial charge in [-0.15, -0.1) is 0 Å². The summed E-state index contributed by atoms with van der Waals surface area (Å²) in [4.78, 5) is 13.3. The first-order valence-electron chi connectivity index (χ1n) is 5.72. The highest BCUT2D eigenvalue weighted by molar-refractivity contribution is 5.75. The van der Waals surface area contributed by atoms with E-state index in [-0.39, 0.29) is 12.0 Å². The maximum atomic E-state index is 11.1. The van der Waals surface area contributed by atoms with Crippen molar-refractivity contribution in [3.05, 3.63) is 0 Å². The molecule has 0 heterocycles. The van der Waals surface area contributed by atoms with Crippen molar-refractivity contribution in [3.8, 4) is 0 Å². The molecular weight excluding hydrogens is 192 g/mol. The molecule has 0 aromatic heterocycles. The number of hydrogen-bond acceptors (Lipinski definition) is 3. The molecule has 1 rings (SSSR count). The minimum Gasteiger partial charge on any atom is -0.393 e. The molecule has 0 atom stereocenters. The summed E-state index contributed by atoms with van der Waals surface area (Å²) in [5.41, 5.74) is 0. The molecule has 1 aliphatic carbocycles. The topological polar surface area (TPSA) is 52.6 Å². The fourth-order valence-corrected chi connectivity index (χ4v) is 2.08. The Kier molecular flexibility index (Phi) is 5.05. The Morgan fingerprint density at radius 2 is 2.00 bits per heavy atom. The monoisotopic (exact) mass is 214 g/mol. The van der Waals surface area contributed by atoms with Gasteiger partial charge in [-0.05, 0) is 32.7 Å². The van der Waals surface area contributed by atoms with Crippen LogP contribution in [0, 0.1) is 0 Å². The Morgan fingerprint density at radius 3 is 2.53 bits per heavy atom. The van der Waals surface area contributed by atoms with Crippen LogP contribution in [0.15, 0.2) is 0 Å². The molecule has 88 valence electrons. The fraction of sp³-hybridized carbons (Fsp3) is 0.909. The first-order chi connectivity index (χ1) is 7.13. The van der Waals surface area contributed by atoms with E-state index in [1.165, 1.54) is 0 Å². The Hall–Kier alpha value is -0.610. The van der Waals surface area contributed by atoms with Crippen LogP contribution < -0.4 is 5.32 Å². The molecule has 1 saturated carbocycles. The largest absolute Gasteiger partial charge is 0.393 e. The normalized spacial score (nSPS) is 26.7. The van der Waals surface area contributed by atoms with E-state index >= 15 is 0 Å². The molecule has 0 saturated heterocycles. The highest BCUT2D eigenvalue weighted by atomic mass is 16.3. The summed E-state index contributed by atoms with van der Waals surface area (Å²) in [5.74, 6) is 0.0951. The van der Waals surface area contributed by atoms with Gasteiger partial charge in [-0.25, -0.2) is 0 Å². The van der Waals surface area contributed by atoms with E-state index in [0.29, 0.717) is 12.5 Å². The second-order valence-electron chi connectivity index (χ2n) is 4.37. The second-order valence-corrected chi connectivity index (χ2v) is 4.37. The van der Waals surface area contributed by atoms with Crippen LogP contribution in [-0.2, 0) is 4.79 Å². The van der Waals surface area contributed by atoms with Crippen LogP contribution >= 0.6 is 0 Å². The van der Waals surface area contributed by atoms with Gasteiger partial charge in [-0.1, -0.05) is 0 Å². The van der Waals surface area contributed by atoms with Gasteiger partial charge in [0.2, 0.25) is 5.91 Å². The number of amides is 1. The third kappa shape index (κ3) is 4.18. The minimum absolute atomic E-state index is 0.0951. The molecular formula is C11H22N2O2. The van der Waals surface area contributed by atoms with Gasteiger partial charge < -0.3 is 15.3 Å². The lowest BCUT2D eigenvalue weighted by atomic mass is 9.92. The average Bonchev–Trinajstić information content (AvgIpc) is 2.26. The number of rotatable bonds is 4. The zero-order valence-corrected chi connectivity index (χ0v) is 9.70. The highest BCUT2D eigenvalue weighted by Crippen LogP contribution is 2.22. The van der Waals surface area contributed by atoms with E-state index in [2.05, 4.69) is 17.3 Å². The molecule has 4 heteroatoms. The summed E-state index contributed by atoms with van der Waals surface area (Å²) in [6, 6.07) is 0.540. The Balaban J connectivity index is 2.22.